The van der Waals surface area contributed by atoms with E-state index in [4.69, 9.17) is 10.2 Å². The summed E-state index contributed by atoms with van der Waals surface area (Å²) in [5.74, 6) is 0.383. The van der Waals surface area contributed by atoms with Crippen molar-refractivity contribution in [3.05, 3.63) is 59.2 Å². The van der Waals surface area contributed by atoms with Crippen LogP contribution in [0.15, 0.2) is 42.5 Å². The minimum absolute atomic E-state index is 0.158. The number of aliphatic hydroxyl groups excluding tert-OH is 1. The molecular weight excluding hydrogens is 280 g/mol. The average Bonchev–Trinajstić information content (AvgIpc) is 2.46. The lowest BCUT2D eigenvalue weighted by molar-refractivity contribution is -0.0447. The monoisotopic (exact) mass is 302 g/mol. The molecule has 0 aliphatic carbocycles. The molecule has 0 aromatic heterocycles. The van der Waals surface area contributed by atoms with Crippen molar-refractivity contribution in [3.8, 4) is 11.5 Å². The molecule has 0 spiro atoms. The fourth-order valence-electron chi connectivity index (χ4n) is 2.50. The van der Waals surface area contributed by atoms with E-state index in [9.17, 15) is 10.2 Å². The molecule has 2 aromatic rings. The Hall–Kier alpha value is -2.04. The molecule has 0 amide bonds. The summed E-state index contributed by atoms with van der Waals surface area (Å²) in [4.78, 5) is 0. The summed E-state index contributed by atoms with van der Waals surface area (Å²) in [5.41, 5.74) is 2.45. The van der Waals surface area contributed by atoms with Gasteiger partial charge in [0.1, 0.15) is 11.5 Å². The first-order valence-electron chi connectivity index (χ1n) is 7.28. The number of benzene rings is 2. The van der Waals surface area contributed by atoms with Crippen LogP contribution in [0.3, 0.4) is 0 Å². The second-order valence-electron chi connectivity index (χ2n) is 6.03. The Balaban J connectivity index is 2.34. The Morgan fingerprint density at radius 3 is 2.09 bits per heavy atom. The Kier molecular flexibility index (Phi) is 4.74. The molecule has 0 saturated carbocycles. The van der Waals surface area contributed by atoms with Gasteiger partial charge in [0.15, 0.2) is 6.29 Å². The Morgan fingerprint density at radius 2 is 1.50 bits per heavy atom. The fraction of sp³-hybridized carbons (Fsp3) is 0.333. The van der Waals surface area contributed by atoms with E-state index in [2.05, 4.69) is 13.8 Å². The predicted octanol–water partition coefficient (Wildman–Crippen LogP) is 2.67. The van der Waals surface area contributed by atoms with Gasteiger partial charge in [-0.1, -0.05) is 38.1 Å². The van der Waals surface area contributed by atoms with E-state index in [1.54, 1.807) is 18.2 Å². The van der Waals surface area contributed by atoms with Gasteiger partial charge in [0.2, 0.25) is 0 Å². The molecule has 4 heteroatoms. The van der Waals surface area contributed by atoms with Gasteiger partial charge in [-0.05, 0) is 41.3 Å². The van der Waals surface area contributed by atoms with Crippen LogP contribution in [0.25, 0.3) is 0 Å². The number of hydrogen-bond donors (Lipinski definition) is 4. The molecular formula is C18H22O4. The number of aromatic hydroxyl groups is 2. The van der Waals surface area contributed by atoms with Crippen LogP contribution in [0.1, 0.15) is 37.0 Å². The lowest BCUT2D eigenvalue weighted by Crippen LogP contribution is -2.19. The second kappa shape index (κ2) is 6.38. The van der Waals surface area contributed by atoms with Crippen LogP contribution in [-0.4, -0.2) is 26.7 Å². The smallest absolute Gasteiger partial charge is 0.151 e. The molecule has 22 heavy (non-hydrogen) atoms. The number of aryl methyl sites for hydroxylation is 1. The molecule has 0 aliphatic heterocycles. The molecule has 118 valence electrons. The Morgan fingerprint density at radius 1 is 0.909 bits per heavy atom. The van der Waals surface area contributed by atoms with Gasteiger partial charge >= 0.3 is 0 Å². The van der Waals surface area contributed by atoms with Gasteiger partial charge in [-0.3, -0.25) is 0 Å². The minimum atomic E-state index is -1.38. The maximum Gasteiger partial charge on any atom is 0.151 e. The highest BCUT2D eigenvalue weighted by Crippen LogP contribution is 2.34. The number of phenolic OH excluding ortho intramolecular Hbond substituents is 2. The summed E-state index contributed by atoms with van der Waals surface area (Å²) < 4.78 is 0. The fourth-order valence-corrected chi connectivity index (χ4v) is 2.50. The summed E-state index contributed by atoms with van der Waals surface area (Å²) in [6.07, 6.45) is -0.812. The highest BCUT2D eigenvalue weighted by Gasteiger charge is 2.24. The quantitative estimate of drug-likeness (QED) is 0.640. The van der Waals surface area contributed by atoms with E-state index < -0.39 is 6.29 Å². The first-order valence-corrected chi connectivity index (χ1v) is 7.28. The first kappa shape index (κ1) is 16.3. The van der Waals surface area contributed by atoms with Crippen molar-refractivity contribution in [2.45, 2.75) is 38.4 Å². The zero-order chi connectivity index (χ0) is 16.3. The van der Waals surface area contributed by atoms with Crippen molar-refractivity contribution in [1.82, 2.24) is 0 Å². The van der Waals surface area contributed by atoms with Crippen molar-refractivity contribution < 1.29 is 20.4 Å². The van der Waals surface area contributed by atoms with Crippen LogP contribution in [0.2, 0.25) is 0 Å². The SMILES string of the molecule is CC(C)(c1ccc(O)cc1)c1ccc(O)c(CCC(O)O)c1. The third kappa shape index (κ3) is 3.59. The zero-order valence-corrected chi connectivity index (χ0v) is 12.8. The summed E-state index contributed by atoms with van der Waals surface area (Å²) in [6, 6.07) is 12.4. The standard InChI is InChI=1S/C18H22O4/c1-18(2,13-4-7-15(19)8-5-13)14-6-9-16(20)12(11-14)3-10-17(21)22/h4-9,11,17,19-22H,3,10H2,1-2H3. The van der Waals surface area contributed by atoms with Crippen LogP contribution in [0, 0.1) is 0 Å². The summed E-state index contributed by atoms with van der Waals surface area (Å²) in [7, 11) is 0. The van der Waals surface area contributed by atoms with E-state index in [0.29, 0.717) is 12.0 Å². The van der Waals surface area contributed by atoms with Gasteiger partial charge in [-0.15, -0.1) is 0 Å². The van der Waals surface area contributed by atoms with Gasteiger partial charge in [0, 0.05) is 11.8 Å². The molecule has 4 nitrogen and oxygen atoms in total. The molecule has 4 N–H and O–H groups in total. The van der Waals surface area contributed by atoms with Gasteiger partial charge < -0.3 is 20.4 Å². The number of rotatable bonds is 5. The normalized spacial score (nSPS) is 11.9. The van der Waals surface area contributed by atoms with E-state index in [1.165, 1.54) is 0 Å². The van der Waals surface area contributed by atoms with Gasteiger partial charge in [0.25, 0.3) is 0 Å². The first-order chi connectivity index (χ1) is 10.3. The van der Waals surface area contributed by atoms with Crippen molar-refractivity contribution in [3.63, 3.8) is 0 Å². The van der Waals surface area contributed by atoms with Crippen LogP contribution >= 0.6 is 0 Å². The van der Waals surface area contributed by atoms with Crippen molar-refractivity contribution >= 4 is 0 Å². The molecule has 0 atom stereocenters. The Bertz CT molecular complexity index is 630. The molecule has 0 aliphatic rings. The molecule has 0 unspecified atom stereocenters. The highest BCUT2D eigenvalue weighted by molar-refractivity contribution is 5.44. The van der Waals surface area contributed by atoms with E-state index in [-0.39, 0.29) is 23.3 Å². The topological polar surface area (TPSA) is 80.9 Å². The summed E-state index contributed by atoms with van der Waals surface area (Å²) in [6.45, 7) is 4.13. The number of phenols is 2. The van der Waals surface area contributed by atoms with E-state index >= 15 is 0 Å². The molecule has 2 aromatic carbocycles. The van der Waals surface area contributed by atoms with Gasteiger partial charge in [0.05, 0.1) is 0 Å². The lowest BCUT2D eigenvalue weighted by atomic mass is 9.77. The molecule has 0 fully saturated rings. The van der Waals surface area contributed by atoms with Crippen LogP contribution in [0.5, 0.6) is 11.5 Å². The predicted molar refractivity (Wildman–Crippen MR) is 84.9 cm³/mol. The van der Waals surface area contributed by atoms with Crippen LogP contribution < -0.4 is 0 Å². The maximum absolute atomic E-state index is 9.92. The molecule has 2 rings (SSSR count). The largest absolute Gasteiger partial charge is 0.508 e. The number of aliphatic hydroxyl groups is 2. The summed E-state index contributed by atoms with van der Waals surface area (Å²) >= 11 is 0. The third-order valence-electron chi connectivity index (χ3n) is 4.06. The maximum atomic E-state index is 9.92. The minimum Gasteiger partial charge on any atom is -0.508 e. The lowest BCUT2D eigenvalue weighted by Gasteiger charge is -2.27. The average molecular weight is 302 g/mol. The van der Waals surface area contributed by atoms with Crippen molar-refractivity contribution in [2.24, 2.45) is 0 Å². The highest BCUT2D eigenvalue weighted by atomic mass is 16.5. The third-order valence-corrected chi connectivity index (χ3v) is 4.06. The van der Waals surface area contributed by atoms with Crippen molar-refractivity contribution in [1.29, 1.82) is 0 Å². The van der Waals surface area contributed by atoms with Gasteiger partial charge in [-0.2, -0.15) is 0 Å². The second-order valence-corrected chi connectivity index (χ2v) is 6.03. The van der Waals surface area contributed by atoms with E-state index in [0.717, 1.165) is 11.1 Å². The molecule has 0 bridgehead atoms. The van der Waals surface area contributed by atoms with E-state index in [1.807, 2.05) is 24.3 Å². The Labute approximate surface area is 130 Å². The zero-order valence-electron chi connectivity index (χ0n) is 12.8. The van der Waals surface area contributed by atoms with Crippen LogP contribution in [0.4, 0.5) is 0 Å². The molecule has 0 radical (unpaired) electrons. The van der Waals surface area contributed by atoms with Crippen molar-refractivity contribution in [2.75, 3.05) is 0 Å². The summed E-state index contributed by atoms with van der Waals surface area (Å²) in [5, 5.41) is 37.3. The number of hydrogen-bond acceptors (Lipinski definition) is 4. The van der Waals surface area contributed by atoms with Gasteiger partial charge in [-0.25, -0.2) is 0 Å². The molecule has 0 saturated heterocycles. The van der Waals surface area contributed by atoms with Crippen LogP contribution in [-0.2, 0) is 11.8 Å². The molecule has 0 heterocycles.